The molecule has 0 aromatic heterocycles. The molecule has 4 heteroatoms. The van der Waals surface area contributed by atoms with Crippen LogP contribution < -0.4 is 4.72 Å². The summed E-state index contributed by atoms with van der Waals surface area (Å²) in [5.74, 6) is 0.0242. The fourth-order valence-electron chi connectivity index (χ4n) is 1.78. The second-order valence-corrected chi connectivity index (χ2v) is 6.10. The van der Waals surface area contributed by atoms with E-state index in [1.165, 1.54) is 0 Å². The van der Waals surface area contributed by atoms with Crippen molar-refractivity contribution >= 4 is 10.0 Å². The van der Waals surface area contributed by atoms with Gasteiger partial charge in [0.1, 0.15) is 0 Å². The normalized spacial score (nSPS) is 11.4. The highest BCUT2D eigenvalue weighted by Crippen LogP contribution is 2.04. The molecule has 0 spiro atoms. The summed E-state index contributed by atoms with van der Waals surface area (Å²) in [6.45, 7) is 0.416. The molecule has 3 nitrogen and oxygen atoms in total. The lowest BCUT2D eigenvalue weighted by atomic mass is 10.2. The van der Waals surface area contributed by atoms with Gasteiger partial charge in [0.25, 0.3) is 0 Å². The maximum absolute atomic E-state index is 11.9. The highest BCUT2D eigenvalue weighted by molar-refractivity contribution is 7.88. The van der Waals surface area contributed by atoms with Crippen LogP contribution >= 0.6 is 0 Å². The predicted molar refractivity (Wildman–Crippen MR) is 76.1 cm³/mol. The summed E-state index contributed by atoms with van der Waals surface area (Å²) in [5.41, 5.74) is 1.89. The molecule has 0 bridgehead atoms. The number of hydrogen-bond donors (Lipinski definition) is 1. The molecule has 2 aromatic carbocycles. The lowest BCUT2D eigenvalue weighted by molar-refractivity contribution is 0.581. The fraction of sp³-hybridized carbons (Fsp3) is 0.200. The van der Waals surface area contributed by atoms with Gasteiger partial charge in [-0.25, -0.2) is 13.1 Å². The summed E-state index contributed by atoms with van der Waals surface area (Å²) in [6.07, 6.45) is 0.683. The second-order valence-electron chi connectivity index (χ2n) is 4.30. The predicted octanol–water partition coefficient (Wildman–Crippen LogP) is 2.15. The van der Waals surface area contributed by atoms with Crippen molar-refractivity contribution in [1.29, 1.82) is 0 Å². The Kier molecular flexibility index (Phi) is 4.71. The van der Waals surface area contributed by atoms with Crippen molar-refractivity contribution < 1.29 is 8.42 Å². The van der Waals surface area contributed by atoms with Gasteiger partial charge in [0.05, 0.1) is 5.75 Å². The van der Waals surface area contributed by atoms with Crippen LogP contribution in [0.2, 0.25) is 0 Å². The van der Waals surface area contributed by atoms with Crippen molar-refractivity contribution in [3.63, 3.8) is 0 Å². The Morgan fingerprint density at radius 2 is 1.63 bits per heavy atom. The summed E-state index contributed by atoms with van der Waals surface area (Å²) >= 11 is 0. The molecule has 0 amide bonds. The van der Waals surface area contributed by atoms with Crippen molar-refractivity contribution in [3.8, 4) is 0 Å². The zero-order valence-electron chi connectivity index (χ0n) is 10.5. The van der Waals surface area contributed by atoms with Gasteiger partial charge in [0.2, 0.25) is 10.0 Å². The molecule has 0 aliphatic heterocycles. The topological polar surface area (TPSA) is 46.2 Å². The molecule has 0 fully saturated rings. The van der Waals surface area contributed by atoms with Gasteiger partial charge >= 0.3 is 0 Å². The highest BCUT2D eigenvalue weighted by atomic mass is 32.2. The average molecular weight is 274 g/mol. The van der Waals surface area contributed by atoms with Gasteiger partial charge in [0.15, 0.2) is 0 Å². The minimum atomic E-state index is -3.26. The molecule has 0 atom stereocenters. The Hall–Kier alpha value is -1.65. The first-order valence-electron chi connectivity index (χ1n) is 6.12. The third kappa shape index (κ3) is 4.85. The molecule has 0 aliphatic carbocycles. The number of rotatable bonds is 6. The van der Waals surface area contributed by atoms with E-state index >= 15 is 0 Å². The Labute approximate surface area is 114 Å². The standard InChI is InChI=1S/C15H16NO2S/c17-19(18,13-15-9-5-2-6-10-15)16-12-11-14-7-3-1-4-8-14/h2-10,16H,11-13H2. The average Bonchev–Trinajstić information content (AvgIpc) is 2.40. The lowest BCUT2D eigenvalue weighted by Crippen LogP contribution is -2.27. The van der Waals surface area contributed by atoms with Crippen LogP contribution in [0.4, 0.5) is 0 Å². The van der Waals surface area contributed by atoms with Crippen LogP contribution in [0.3, 0.4) is 0 Å². The van der Waals surface area contributed by atoms with Gasteiger partial charge in [-0.3, -0.25) is 0 Å². The van der Waals surface area contributed by atoms with Crippen LogP contribution in [0.25, 0.3) is 0 Å². The molecule has 19 heavy (non-hydrogen) atoms. The van der Waals surface area contributed by atoms with Gasteiger partial charge in [-0.15, -0.1) is 0 Å². The Morgan fingerprint density at radius 3 is 2.32 bits per heavy atom. The molecule has 1 N–H and O–H groups in total. The number of nitrogens with one attached hydrogen (secondary N) is 1. The van der Waals surface area contributed by atoms with E-state index in [1.54, 1.807) is 0 Å². The van der Waals surface area contributed by atoms with Crippen molar-refractivity contribution in [3.05, 3.63) is 71.8 Å². The SMILES string of the molecule is O=S(=O)(Cc1ccccc1)NCCc1cc[c]cc1. The number of sulfonamides is 1. The molecule has 0 heterocycles. The monoisotopic (exact) mass is 274 g/mol. The molecule has 2 rings (SSSR count). The van der Waals surface area contributed by atoms with Crippen LogP contribution in [-0.2, 0) is 22.2 Å². The van der Waals surface area contributed by atoms with E-state index in [1.807, 2.05) is 54.6 Å². The first-order valence-corrected chi connectivity index (χ1v) is 7.77. The van der Waals surface area contributed by atoms with Crippen molar-refractivity contribution in [2.45, 2.75) is 12.2 Å². The first-order chi connectivity index (χ1) is 9.16. The van der Waals surface area contributed by atoms with E-state index in [0.717, 1.165) is 11.1 Å². The largest absolute Gasteiger partial charge is 0.215 e. The molecule has 1 radical (unpaired) electrons. The molecular formula is C15H16NO2S. The number of hydrogen-bond acceptors (Lipinski definition) is 2. The van der Waals surface area contributed by atoms with Crippen molar-refractivity contribution in [2.24, 2.45) is 0 Å². The molecule has 0 aliphatic rings. The zero-order chi connectivity index (χ0) is 13.6. The minimum absolute atomic E-state index is 0.0242. The van der Waals surface area contributed by atoms with E-state index in [9.17, 15) is 8.42 Å². The Balaban J connectivity index is 1.85. The van der Waals surface area contributed by atoms with Crippen LogP contribution in [-0.4, -0.2) is 15.0 Å². The molecule has 99 valence electrons. The molecule has 2 aromatic rings. The summed E-state index contributed by atoms with van der Waals surface area (Å²) < 4.78 is 26.4. The van der Waals surface area contributed by atoms with E-state index in [-0.39, 0.29) is 5.75 Å². The van der Waals surface area contributed by atoms with Gasteiger partial charge in [-0.2, -0.15) is 0 Å². The van der Waals surface area contributed by atoms with E-state index in [2.05, 4.69) is 10.8 Å². The third-order valence-corrected chi connectivity index (χ3v) is 4.08. The van der Waals surface area contributed by atoms with E-state index in [4.69, 9.17) is 0 Å². The smallest absolute Gasteiger partial charge is 0.215 e. The lowest BCUT2D eigenvalue weighted by Gasteiger charge is -2.06. The summed E-state index contributed by atoms with van der Waals surface area (Å²) in [6, 6.07) is 19.6. The molecule has 0 unspecified atom stereocenters. The van der Waals surface area contributed by atoms with Crippen LogP contribution in [0.15, 0.2) is 54.6 Å². The Bertz CT molecular complexity index is 595. The van der Waals surface area contributed by atoms with Gasteiger partial charge in [-0.05, 0) is 23.6 Å². The van der Waals surface area contributed by atoms with Crippen LogP contribution in [0.1, 0.15) is 11.1 Å². The van der Waals surface area contributed by atoms with Crippen LogP contribution in [0.5, 0.6) is 0 Å². The molecular weight excluding hydrogens is 258 g/mol. The second kappa shape index (κ2) is 6.50. The van der Waals surface area contributed by atoms with Gasteiger partial charge in [-0.1, -0.05) is 54.6 Å². The number of benzene rings is 2. The van der Waals surface area contributed by atoms with Crippen LogP contribution in [0, 0.1) is 6.07 Å². The van der Waals surface area contributed by atoms with E-state index in [0.29, 0.717) is 13.0 Å². The Morgan fingerprint density at radius 1 is 0.947 bits per heavy atom. The summed E-state index contributed by atoms with van der Waals surface area (Å²) in [5, 5.41) is 0. The quantitative estimate of drug-likeness (QED) is 0.877. The highest BCUT2D eigenvalue weighted by Gasteiger charge is 2.10. The van der Waals surface area contributed by atoms with Gasteiger partial charge < -0.3 is 0 Å². The first kappa shape index (κ1) is 13.8. The van der Waals surface area contributed by atoms with E-state index < -0.39 is 10.0 Å². The molecule has 0 saturated carbocycles. The maximum Gasteiger partial charge on any atom is 0.215 e. The third-order valence-electron chi connectivity index (χ3n) is 2.72. The maximum atomic E-state index is 11.9. The zero-order valence-corrected chi connectivity index (χ0v) is 11.4. The molecule has 0 saturated heterocycles. The van der Waals surface area contributed by atoms with Gasteiger partial charge in [0, 0.05) is 6.54 Å². The van der Waals surface area contributed by atoms with Crippen molar-refractivity contribution in [2.75, 3.05) is 6.54 Å². The van der Waals surface area contributed by atoms with Crippen molar-refractivity contribution in [1.82, 2.24) is 4.72 Å². The fourth-order valence-corrected chi connectivity index (χ4v) is 2.93. The summed E-state index contributed by atoms with van der Waals surface area (Å²) in [7, 11) is -3.26. The minimum Gasteiger partial charge on any atom is -0.215 e. The summed E-state index contributed by atoms with van der Waals surface area (Å²) in [4.78, 5) is 0.